The largest absolute Gasteiger partial charge is 0.311 e. The van der Waals surface area contributed by atoms with Crippen LogP contribution in [0.3, 0.4) is 0 Å². The molecule has 2 heteroatoms. The lowest BCUT2D eigenvalue weighted by Gasteiger charge is -2.47. The van der Waals surface area contributed by atoms with Crippen molar-refractivity contribution >= 4 is 0 Å². The summed E-state index contributed by atoms with van der Waals surface area (Å²) in [5.74, 6) is 1.54. The molecule has 0 amide bonds. The zero-order valence-corrected chi connectivity index (χ0v) is 13.2. The molecule has 1 heterocycles. The topological polar surface area (TPSA) is 15.3 Å². The van der Waals surface area contributed by atoms with Crippen molar-refractivity contribution in [2.45, 2.75) is 71.5 Å². The zero-order valence-electron chi connectivity index (χ0n) is 13.2. The first-order valence-corrected chi connectivity index (χ1v) is 8.22. The van der Waals surface area contributed by atoms with Gasteiger partial charge in [-0.15, -0.1) is 0 Å². The quantitative estimate of drug-likeness (QED) is 0.783. The van der Waals surface area contributed by atoms with E-state index in [1.165, 1.54) is 38.8 Å². The standard InChI is InChI=1S/C17H32N2/c1-13(2)10-15-12-19(16-8-6-5-7-9-16)17(11-18-15)14(3)4/h5-6,13-18H,7-12H2,1-4H3. The lowest BCUT2D eigenvalue weighted by molar-refractivity contribution is 0.0470. The Morgan fingerprint density at radius 3 is 2.58 bits per heavy atom. The van der Waals surface area contributed by atoms with Gasteiger partial charge in [0.1, 0.15) is 0 Å². The number of allylic oxidation sites excluding steroid dienone is 1. The maximum atomic E-state index is 3.79. The molecule has 1 fully saturated rings. The molecule has 110 valence electrons. The average molecular weight is 264 g/mol. The molecule has 2 nitrogen and oxygen atoms in total. The van der Waals surface area contributed by atoms with Crippen LogP contribution in [0, 0.1) is 11.8 Å². The SMILES string of the molecule is CC(C)CC1CN(C2CC=CCC2)C(C(C)C)CN1. The van der Waals surface area contributed by atoms with Crippen molar-refractivity contribution in [3.8, 4) is 0 Å². The summed E-state index contributed by atoms with van der Waals surface area (Å²) in [6.45, 7) is 11.9. The van der Waals surface area contributed by atoms with Gasteiger partial charge in [-0.25, -0.2) is 0 Å². The Balaban J connectivity index is 2.01. The van der Waals surface area contributed by atoms with Crippen molar-refractivity contribution in [3.63, 3.8) is 0 Å². The Morgan fingerprint density at radius 2 is 2.00 bits per heavy atom. The Morgan fingerprint density at radius 1 is 1.21 bits per heavy atom. The van der Waals surface area contributed by atoms with Crippen LogP contribution in [-0.4, -0.2) is 36.1 Å². The van der Waals surface area contributed by atoms with Crippen LogP contribution in [0.15, 0.2) is 12.2 Å². The van der Waals surface area contributed by atoms with Crippen molar-refractivity contribution in [2.24, 2.45) is 11.8 Å². The number of piperazine rings is 1. The molecule has 0 aromatic rings. The highest BCUT2D eigenvalue weighted by atomic mass is 15.3. The van der Waals surface area contributed by atoms with Crippen LogP contribution in [0.5, 0.6) is 0 Å². The molecule has 1 N–H and O–H groups in total. The summed E-state index contributed by atoms with van der Waals surface area (Å²) in [5.41, 5.74) is 0. The molecule has 0 saturated carbocycles. The van der Waals surface area contributed by atoms with Gasteiger partial charge in [-0.1, -0.05) is 39.8 Å². The molecule has 0 aromatic carbocycles. The van der Waals surface area contributed by atoms with Gasteiger partial charge in [-0.3, -0.25) is 4.90 Å². The van der Waals surface area contributed by atoms with Crippen molar-refractivity contribution in [3.05, 3.63) is 12.2 Å². The Bertz CT molecular complexity index is 296. The maximum absolute atomic E-state index is 3.79. The van der Waals surface area contributed by atoms with Gasteiger partial charge in [-0.2, -0.15) is 0 Å². The van der Waals surface area contributed by atoms with Crippen molar-refractivity contribution in [1.29, 1.82) is 0 Å². The number of hydrogen-bond acceptors (Lipinski definition) is 2. The second-order valence-electron chi connectivity index (χ2n) is 7.18. The highest BCUT2D eigenvalue weighted by molar-refractivity contribution is 4.98. The van der Waals surface area contributed by atoms with Crippen LogP contribution in [0.25, 0.3) is 0 Å². The van der Waals surface area contributed by atoms with E-state index in [1.54, 1.807) is 0 Å². The second kappa shape index (κ2) is 6.90. The smallest absolute Gasteiger partial charge is 0.0247 e. The van der Waals surface area contributed by atoms with E-state index in [0.717, 1.165) is 23.9 Å². The van der Waals surface area contributed by atoms with E-state index in [-0.39, 0.29) is 0 Å². The van der Waals surface area contributed by atoms with E-state index in [2.05, 4.69) is 50.1 Å². The average Bonchev–Trinajstić information content (AvgIpc) is 2.38. The predicted molar refractivity (Wildman–Crippen MR) is 83.4 cm³/mol. The molecule has 0 bridgehead atoms. The molecule has 19 heavy (non-hydrogen) atoms. The lowest BCUT2D eigenvalue weighted by atomic mass is 9.90. The lowest BCUT2D eigenvalue weighted by Crippen LogP contribution is -2.61. The first kappa shape index (κ1) is 15.1. The van der Waals surface area contributed by atoms with E-state index in [0.29, 0.717) is 6.04 Å². The van der Waals surface area contributed by atoms with Gasteiger partial charge in [0, 0.05) is 31.2 Å². The van der Waals surface area contributed by atoms with E-state index in [9.17, 15) is 0 Å². The Hall–Kier alpha value is -0.340. The molecule has 3 unspecified atom stereocenters. The predicted octanol–water partition coefficient (Wildman–Crippen LogP) is 3.44. The monoisotopic (exact) mass is 264 g/mol. The van der Waals surface area contributed by atoms with Crippen molar-refractivity contribution < 1.29 is 0 Å². The summed E-state index contributed by atoms with van der Waals surface area (Å²) in [5, 5.41) is 3.79. The third-order valence-corrected chi connectivity index (χ3v) is 4.71. The third kappa shape index (κ3) is 4.06. The first-order valence-electron chi connectivity index (χ1n) is 8.22. The molecule has 2 rings (SSSR count). The minimum Gasteiger partial charge on any atom is -0.311 e. The van der Waals surface area contributed by atoms with Gasteiger partial charge in [0.2, 0.25) is 0 Å². The fourth-order valence-corrected chi connectivity index (χ4v) is 3.70. The zero-order chi connectivity index (χ0) is 13.8. The van der Waals surface area contributed by atoms with Crippen LogP contribution >= 0.6 is 0 Å². The summed E-state index contributed by atoms with van der Waals surface area (Å²) in [7, 11) is 0. The second-order valence-corrected chi connectivity index (χ2v) is 7.18. The van der Waals surface area contributed by atoms with Gasteiger partial charge in [-0.05, 0) is 37.5 Å². The van der Waals surface area contributed by atoms with Crippen LogP contribution in [-0.2, 0) is 0 Å². The Kier molecular flexibility index (Phi) is 5.47. The number of nitrogens with one attached hydrogen (secondary N) is 1. The molecule has 1 saturated heterocycles. The van der Waals surface area contributed by atoms with Gasteiger partial charge in [0.15, 0.2) is 0 Å². The van der Waals surface area contributed by atoms with Gasteiger partial charge in [0.25, 0.3) is 0 Å². The minimum absolute atomic E-state index is 0.695. The first-order chi connectivity index (χ1) is 9.08. The minimum atomic E-state index is 0.695. The molecule has 1 aliphatic heterocycles. The highest BCUT2D eigenvalue weighted by Gasteiger charge is 2.34. The van der Waals surface area contributed by atoms with E-state index in [1.807, 2.05) is 0 Å². The molecule has 0 spiro atoms. The highest BCUT2D eigenvalue weighted by Crippen LogP contribution is 2.26. The van der Waals surface area contributed by atoms with Crippen molar-refractivity contribution in [1.82, 2.24) is 10.2 Å². The summed E-state index contributed by atoms with van der Waals surface area (Å²) >= 11 is 0. The fraction of sp³-hybridized carbons (Fsp3) is 0.882. The van der Waals surface area contributed by atoms with Gasteiger partial charge >= 0.3 is 0 Å². The Labute approximate surface area is 119 Å². The van der Waals surface area contributed by atoms with Crippen LogP contribution in [0.1, 0.15) is 53.4 Å². The fourth-order valence-electron chi connectivity index (χ4n) is 3.70. The molecule has 3 atom stereocenters. The third-order valence-electron chi connectivity index (χ3n) is 4.71. The van der Waals surface area contributed by atoms with E-state index in [4.69, 9.17) is 0 Å². The van der Waals surface area contributed by atoms with Gasteiger partial charge < -0.3 is 5.32 Å². The number of nitrogens with zero attached hydrogens (tertiary/aromatic N) is 1. The molecule has 0 aromatic heterocycles. The maximum Gasteiger partial charge on any atom is 0.0247 e. The van der Waals surface area contributed by atoms with Crippen LogP contribution in [0.4, 0.5) is 0 Å². The number of rotatable bonds is 4. The molecule has 2 aliphatic rings. The molecular weight excluding hydrogens is 232 g/mol. The summed E-state index contributed by atoms with van der Waals surface area (Å²) < 4.78 is 0. The van der Waals surface area contributed by atoms with Crippen molar-refractivity contribution in [2.75, 3.05) is 13.1 Å². The molecule has 1 aliphatic carbocycles. The summed E-state index contributed by atoms with van der Waals surface area (Å²) in [4.78, 5) is 2.83. The van der Waals surface area contributed by atoms with Crippen LogP contribution in [0.2, 0.25) is 0 Å². The normalized spacial score (nSPS) is 33.3. The molecular formula is C17H32N2. The summed E-state index contributed by atoms with van der Waals surface area (Å²) in [6.07, 6.45) is 9.95. The van der Waals surface area contributed by atoms with E-state index < -0.39 is 0 Å². The number of hydrogen-bond donors (Lipinski definition) is 1. The van der Waals surface area contributed by atoms with Gasteiger partial charge in [0.05, 0.1) is 0 Å². The van der Waals surface area contributed by atoms with Crippen LogP contribution < -0.4 is 5.32 Å². The summed E-state index contributed by atoms with van der Waals surface area (Å²) in [6, 6.07) is 2.20. The van der Waals surface area contributed by atoms with E-state index >= 15 is 0 Å². The molecule has 0 radical (unpaired) electrons.